The predicted molar refractivity (Wildman–Crippen MR) is 114 cm³/mol. The number of carbonyl (C=O) groups excluding carboxylic acids is 1. The van der Waals surface area contributed by atoms with E-state index in [1.807, 2.05) is 53.6 Å². The molecule has 4 rings (SSSR count). The second-order valence-electron chi connectivity index (χ2n) is 7.22. The Bertz CT molecular complexity index is 1000. The van der Waals surface area contributed by atoms with E-state index in [1.54, 1.807) is 13.2 Å². The number of ether oxygens (including phenoxy) is 2. The van der Waals surface area contributed by atoms with Crippen molar-refractivity contribution >= 4 is 11.7 Å². The van der Waals surface area contributed by atoms with Crippen LogP contribution in [-0.4, -0.2) is 41.0 Å². The summed E-state index contributed by atoms with van der Waals surface area (Å²) in [6.07, 6.45) is 5.12. The molecule has 1 aliphatic rings. The Morgan fingerprint density at radius 1 is 1.03 bits per heavy atom. The van der Waals surface area contributed by atoms with Crippen LogP contribution in [0.2, 0.25) is 0 Å². The van der Waals surface area contributed by atoms with Crippen molar-refractivity contribution in [3.63, 3.8) is 0 Å². The maximum Gasteiger partial charge on any atom is 0.272 e. The van der Waals surface area contributed by atoms with Gasteiger partial charge in [0.1, 0.15) is 17.3 Å². The molecule has 7 heteroatoms. The molecule has 2 N–H and O–H groups in total. The van der Waals surface area contributed by atoms with Crippen LogP contribution >= 0.6 is 0 Å². The molecule has 3 heterocycles. The molecule has 154 valence electrons. The maximum absolute atomic E-state index is 13.0. The monoisotopic (exact) mass is 404 g/mol. The van der Waals surface area contributed by atoms with E-state index in [1.165, 1.54) is 11.8 Å². The molecule has 0 spiro atoms. The minimum Gasteiger partial charge on any atom is -0.493 e. The van der Waals surface area contributed by atoms with Crippen LogP contribution in [-0.2, 0) is 0 Å². The van der Waals surface area contributed by atoms with E-state index in [2.05, 4.69) is 9.97 Å². The lowest BCUT2D eigenvalue weighted by Gasteiger charge is -2.32. The number of hydrogen-bond acceptors (Lipinski definition) is 6. The molecule has 0 saturated carbocycles. The Hall–Kier alpha value is -3.61. The third-order valence-corrected chi connectivity index (χ3v) is 5.30. The molecule has 1 fully saturated rings. The summed E-state index contributed by atoms with van der Waals surface area (Å²) in [5.74, 6) is 2.41. The first-order chi connectivity index (χ1) is 14.6. The Balaban J connectivity index is 1.42. The minimum absolute atomic E-state index is 0.103. The molecular formula is C23H24N4O3. The van der Waals surface area contributed by atoms with E-state index in [0.29, 0.717) is 47.8 Å². The van der Waals surface area contributed by atoms with Crippen molar-refractivity contribution in [2.24, 2.45) is 0 Å². The zero-order chi connectivity index (χ0) is 20.9. The van der Waals surface area contributed by atoms with Crippen LogP contribution in [0.4, 0.5) is 5.82 Å². The van der Waals surface area contributed by atoms with Gasteiger partial charge in [-0.15, -0.1) is 0 Å². The van der Waals surface area contributed by atoms with E-state index in [4.69, 9.17) is 15.2 Å². The minimum atomic E-state index is -0.103. The summed E-state index contributed by atoms with van der Waals surface area (Å²) in [5, 5.41) is 0. The number of nitrogens with zero attached hydrogens (tertiary/aromatic N) is 3. The number of hydrogen-bond donors (Lipinski definition) is 1. The summed E-state index contributed by atoms with van der Waals surface area (Å²) < 4.78 is 11.3. The zero-order valence-electron chi connectivity index (χ0n) is 16.8. The van der Waals surface area contributed by atoms with Crippen molar-refractivity contribution in [2.75, 3.05) is 25.9 Å². The summed E-state index contributed by atoms with van der Waals surface area (Å²) in [5.41, 5.74) is 7.18. The first-order valence-corrected chi connectivity index (χ1v) is 9.91. The lowest BCUT2D eigenvalue weighted by atomic mass is 9.90. The highest BCUT2D eigenvalue weighted by Gasteiger charge is 2.26. The van der Waals surface area contributed by atoms with Gasteiger partial charge in [0.25, 0.3) is 5.91 Å². The van der Waals surface area contributed by atoms with Gasteiger partial charge >= 0.3 is 0 Å². The number of anilines is 1. The molecule has 0 radical (unpaired) electrons. The molecule has 1 amide bonds. The first-order valence-electron chi connectivity index (χ1n) is 9.91. The van der Waals surface area contributed by atoms with Gasteiger partial charge in [0.15, 0.2) is 11.5 Å². The summed E-state index contributed by atoms with van der Waals surface area (Å²) in [7, 11) is 1.55. The SMILES string of the molecule is COc1cc(C(=O)N2CCC(c3ccc(N)nc3)CC2)ncc1Oc1ccccc1. The molecule has 0 aliphatic carbocycles. The van der Waals surface area contributed by atoms with Crippen molar-refractivity contribution in [1.82, 2.24) is 14.9 Å². The summed E-state index contributed by atoms with van der Waals surface area (Å²) in [4.78, 5) is 23.3. The zero-order valence-corrected chi connectivity index (χ0v) is 16.8. The van der Waals surface area contributed by atoms with Crippen molar-refractivity contribution < 1.29 is 14.3 Å². The summed E-state index contributed by atoms with van der Waals surface area (Å²) in [6.45, 7) is 1.33. The normalized spacial score (nSPS) is 14.4. The van der Waals surface area contributed by atoms with Crippen LogP contribution in [0.3, 0.4) is 0 Å². The van der Waals surface area contributed by atoms with Crippen molar-refractivity contribution in [3.05, 3.63) is 72.2 Å². The van der Waals surface area contributed by atoms with Gasteiger partial charge < -0.3 is 20.1 Å². The molecule has 1 aliphatic heterocycles. The standard InChI is InChI=1S/C23H24N4O3/c1-29-20-13-19(25-15-21(20)30-18-5-3-2-4-6-18)23(28)27-11-9-16(10-12-27)17-7-8-22(24)26-14-17/h2-8,13-16H,9-12H2,1H3,(H2,24,26). The van der Waals surface area contributed by atoms with Gasteiger partial charge in [-0.05, 0) is 42.5 Å². The molecule has 1 saturated heterocycles. The highest BCUT2D eigenvalue weighted by Crippen LogP contribution is 2.32. The smallest absolute Gasteiger partial charge is 0.272 e. The number of carbonyl (C=O) groups is 1. The van der Waals surface area contributed by atoms with Gasteiger partial charge in [0, 0.05) is 25.4 Å². The van der Waals surface area contributed by atoms with Crippen molar-refractivity contribution in [1.29, 1.82) is 0 Å². The van der Waals surface area contributed by atoms with Gasteiger partial charge in [0.05, 0.1) is 13.3 Å². The highest BCUT2D eigenvalue weighted by atomic mass is 16.5. The van der Waals surface area contributed by atoms with E-state index < -0.39 is 0 Å². The van der Waals surface area contributed by atoms with E-state index in [-0.39, 0.29) is 5.91 Å². The van der Waals surface area contributed by atoms with Crippen LogP contribution in [0.5, 0.6) is 17.2 Å². The fourth-order valence-electron chi connectivity index (χ4n) is 3.63. The predicted octanol–water partition coefficient (Wildman–Crippen LogP) is 3.88. The average molecular weight is 404 g/mol. The van der Waals surface area contributed by atoms with Gasteiger partial charge in [0.2, 0.25) is 0 Å². The van der Waals surface area contributed by atoms with Gasteiger partial charge in [-0.1, -0.05) is 24.3 Å². The van der Waals surface area contributed by atoms with E-state index in [0.717, 1.165) is 12.8 Å². The van der Waals surface area contributed by atoms with E-state index in [9.17, 15) is 4.79 Å². The third kappa shape index (κ3) is 4.35. The van der Waals surface area contributed by atoms with Crippen molar-refractivity contribution in [2.45, 2.75) is 18.8 Å². The fourth-order valence-corrected chi connectivity index (χ4v) is 3.63. The van der Waals surface area contributed by atoms with Gasteiger partial charge in [-0.2, -0.15) is 0 Å². The largest absolute Gasteiger partial charge is 0.493 e. The Kier molecular flexibility index (Phi) is 5.79. The molecule has 0 unspecified atom stereocenters. The quantitative estimate of drug-likeness (QED) is 0.694. The lowest BCUT2D eigenvalue weighted by Crippen LogP contribution is -2.38. The van der Waals surface area contributed by atoms with Crippen molar-refractivity contribution in [3.8, 4) is 17.2 Å². The number of nitrogens with two attached hydrogens (primary N) is 1. The molecule has 0 atom stereocenters. The molecular weight excluding hydrogens is 380 g/mol. The third-order valence-electron chi connectivity index (χ3n) is 5.30. The van der Waals surface area contributed by atoms with Crippen LogP contribution in [0.15, 0.2) is 60.9 Å². The Morgan fingerprint density at radius 2 is 1.80 bits per heavy atom. The number of nitrogen functional groups attached to an aromatic ring is 1. The topological polar surface area (TPSA) is 90.6 Å². The molecule has 30 heavy (non-hydrogen) atoms. The lowest BCUT2D eigenvalue weighted by molar-refractivity contribution is 0.0706. The Labute approximate surface area is 175 Å². The number of pyridine rings is 2. The van der Waals surface area contributed by atoms with Crippen LogP contribution in [0.25, 0.3) is 0 Å². The molecule has 3 aromatic rings. The number of likely N-dealkylation sites (tertiary alicyclic amines) is 1. The molecule has 1 aromatic carbocycles. The highest BCUT2D eigenvalue weighted by molar-refractivity contribution is 5.93. The molecule has 0 bridgehead atoms. The van der Waals surface area contributed by atoms with E-state index >= 15 is 0 Å². The Morgan fingerprint density at radius 3 is 2.47 bits per heavy atom. The number of piperidine rings is 1. The number of rotatable bonds is 5. The number of methoxy groups -OCH3 is 1. The molecule has 7 nitrogen and oxygen atoms in total. The first kappa shape index (κ1) is 19.7. The van der Waals surface area contributed by atoms with Gasteiger partial charge in [-0.25, -0.2) is 9.97 Å². The van der Waals surface area contributed by atoms with Gasteiger partial charge in [-0.3, -0.25) is 4.79 Å². The second-order valence-corrected chi connectivity index (χ2v) is 7.22. The average Bonchev–Trinajstić information content (AvgIpc) is 2.80. The van der Waals surface area contributed by atoms with Crippen LogP contribution in [0.1, 0.15) is 34.8 Å². The van der Waals surface area contributed by atoms with Crippen LogP contribution < -0.4 is 15.2 Å². The second kappa shape index (κ2) is 8.82. The number of benzene rings is 1. The van der Waals surface area contributed by atoms with Crippen LogP contribution in [0, 0.1) is 0 Å². The fraction of sp³-hybridized carbons (Fsp3) is 0.261. The number of aromatic nitrogens is 2. The summed E-state index contributed by atoms with van der Waals surface area (Å²) in [6, 6.07) is 14.9. The summed E-state index contributed by atoms with van der Waals surface area (Å²) >= 11 is 0. The molecule has 2 aromatic heterocycles. The number of para-hydroxylation sites is 1. The maximum atomic E-state index is 13.0. The number of amides is 1.